The third-order valence-electron chi connectivity index (χ3n) is 8.10. The highest BCUT2D eigenvalue weighted by molar-refractivity contribution is 7.92. The molecule has 1 aromatic heterocycles. The summed E-state index contributed by atoms with van der Waals surface area (Å²) in [6.45, 7) is 1.61. The molecule has 49 heavy (non-hydrogen) atoms. The molecule has 1 heterocycles. The normalized spacial score (nSPS) is 13.4. The van der Waals surface area contributed by atoms with E-state index in [-0.39, 0.29) is 34.4 Å². The van der Waals surface area contributed by atoms with E-state index < -0.39 is 62.1 Å². The van der Waals surface area contributed by atoms with Crippen molar-refractivity contribution in [2.75, 3.05) is 4.72 Å². The van der Waals surface area contributed by atoms with Crippen LogP contribution in [0.3, 0.4) is 0 Å². The van der Waals surface area contributed by atoms with Gasteiger partial charge >= 0.3 is 11.7 Å². The number of hydrogen-bond acceptors (Lipinski definition) is 7. The molecule has 1 fully saturated rings. The van der Waals surface area contributed by atoms with E-state index >= 15 is 8.78 Å². The maximum atomic E-state index is 15.0. The first-order chi connectivity index (χ1) is 23.1. The van der Waals surface area contributed by atoms with Crippen molar-refractivity contribution >= 4 is 33.5 Å². The predicted octanol–water partition coefficient (Wildman–Crippen LogP) is 2.46. The van der Waals surface area contributed by atoms with Gasteiger partial charge in [-0.2, -0.15) is 0 Å². The first-order valence-corrected chi connectivity index (χ1v) is 16.4. The van der Waals surface area contributed by atoms with Gasteiger partial charge in [0.05, 0.1) is 16.1 Å². The summed E-state index contributed by atoms with van der Waals surface area (Å²) >= 11 is 0. The number of sulfonamides is 1. The molecule has 2 amide bonds. The highest BCUT2D eigenvalue weighted by Crippen LogP contribution is 2.24. The van der Waals surface area contributed by atoms with E-state index in [4.69, 9.17) is 0 Å². The topological polar surface area (TPSA) is 186 Å². The number of halogens is 2. The number of nitrogens with zero attached hydrogens (tertiary/aromatic N) is 2. The van der Waals surface area contributed by atoms with E-state index in [9.17, 15) is 37.5 Å². The number of hydrogen-bond donors (Lipinski definition) is 4. The monoisotopic (exact) mass is 695 g/mol. The fourth-order valence-corrected chi connectivity index (χ4v) is 6.14. The van der Waals surface area contributed by atoms with Crippen LogP contribution in [0.25, 0.3) is 11.1 Å². The van der Waals surface area contributed by atoms with Gasteiger partial charge in [0.1, 0.15) is 23.2 Å². The largest absolute Gasteiger partial charge is 0.480 e. The highest BCUT2D eigenvalue weighted by atomic mass is 32.2. The van der Waals surface area contributed by atoms with Gasteiger partial charge in [-0.25, -0.2) is 26.8 Å². The Bertz CT molecular complexity index is 2190. The third kappa shape index (κ3) is 7.43. The number of carbonyl (C=O) groups excluding carboxylic acids is 2. The van der Waals surface area contributed by atoms with Crippen molar-refractivity contribution < 1.29 is 36.7 Å². The summed E-state index contributed by atoms with van der Waals surface area (Å²) in [6, 6.07) is 10.7. The summed E-state index contributed by atoms with van der Waals surface area (Å²) in [5, 5.41) is 14.6. The molecule has 5 rings (SSSR count). The van der Waals surface area contributed by atoms with Crippen LogP contribution in [0, 0.1) is 18.6 Å². The number of amides is 2. The number of rotatable bonds is 11. The lowest BCUT2D eigenvalue weighted by molar-refractivity contribution is -0.139. The van der Waals surface area contributed by atoms with Gasteiger partial charge in [0.15, 0.2) is 0 Å². The van der Waals surface area contributed by atoms with E-state index in [0.29, 0.717) is 29.0 Å². The Labute approximate surface area is 278 Å². The van der Waals surface area contributed by atoms with Gasteiger partial charge in [-0.1, -0.05) is 24.3 Å². The molecular formula is C33H31F2N5O8S. The van der Waals surface area contributed by atoms with Crippen LogP contribution in [-0.2, 0) is 35.3 Å². The number of aliphatic carboxylic acids is 1. The fraction of sp³-hybridized carbons (Fsp3) is 0.242. The molecule has 1 aliphatic carbocycles. The van der Waals surface area contributed by atoms with Gasteiger partial charge in [0, 0.05) is 37.8 Å². The third-order valence-corrected chi connectivity index (χ3v) is 9.50. The molecule has 256 valence electrons. The number of aromatic nitrogens is 2. The minimum atomic E-state index is -4.36. The zero-order chi connectivity index (χ0) is 35.8. The Morgan fingerprint density at radius 3 is 2.06 bits per heavy atom. The lowest BCUT2D eigenvalue weighted by atomic mass is 10.00. The molecule has 0 aliphatic heterocycles. The van der Waals surface area contributed by atoms with Crippen molar-refractivity contribution in [3.8, 4) is 11.1 Å². The quantitative estimate of drug-likeness (QED) is 0.184. The first-order valence-electron chi connectivity index (χ1n) is 14.9. The summed E-state index contributed by atoms with van der Waals surface area (Å²) in [6.07, 6.45) is 1.45. The second-order valence-corrected chi connectivity index (χ2v) is 13.3. The number of carboxylic acid groups (broad SMARTS) is 1. The molecular weight excluding hydrogens is 664 g/mol. The van der Waals surface area contributed by atoms with E-state index in [1.807, 2.05) is 4.72 Å². The van der Waals surface area contributed by atoms with Gasteiger partial charge in [-0.05, 0) is 67.3 Å². The van der Waals surface area contributed by atoms with Crippen LogP contribution in [0.15, 0.2) is 75.1 Å². The molecule has 0 unspecified atom stereocenters. The lowest BCUT2D eigenvalue weighted by Gasteiger charge is -2.17. The Morgan fingerprint density at radius 2 is 1.51 bits per heavy atom. The zero-order valence-corrected chi connectivity index (χ0v) is 27.2. The van der Waals surface area contributed by atoms with Gasteiger partial charge in [0.2, 0.25) is 0 Å². The van der Waals surface area contributed by atoms with Gasteiger partial charge < -0.3 is 20.3 Å². The number of anilines is 1. The Balaban J connectivity index is 1.28. The molecule has 0 radical (unpaired) electrons. The van der Waals surface area contributed by atoms with Crippen LogP contribution in [0.2, 0.25) is 0 Å². The van der Waals surface area contributed by atoms with E-state index in [2.05, 4.69) is 10.6 Å². The van der Waals surface area contributed by atoms with Gasteiger partial charge in [-0.15, -0.1) is 0 Å². The maximum Gasteiger partial charge on any atom is 0.330 e. The molecule has 13 nitrogen and oxygen atoms in total. The average molecular weight is 696 g/mol. The smallest absolute Gasteiger partial charge is 0.330 e. The van der Waals surface area contributed by atoms with Gasteiger partial charge in [0.25, 0.3) is 27.4 Å². The highest BCUT2D eigenvalue weighted by Gasteiger charge is 2.27. The SMILES string of the molecule is Cc1c(-c2ccc(C[C@H](NC(=O)c3c(F)cc(NS(=O)(=O)c4ccc(C(=O)NC5CC5)cc4)cc3F)C(=O)O)cc2)c(=O)n(C)c(=O)n1C. The van der Waals surface area contributed by atoms with Crippen molar-refractivity contribution in [2.45, 2.75) is 43.2 Å². The predicted molar refractivity (Wildman–Crippen MR) is 174 cm³/mol. The number of carboxylic acids is 1. The van der Waals surface area contributed by atoms with Crippen LogP contribution in [0.4, 0.5) is 14.5 Å². The summed E-state index contributed by atoms with van der Waals surface area (Å²) in [5.74, 6) is -6.16. The van der Waals surface area contributed by atoms with Crippen LogP contribution in [-0.4, -0.2) is 52.5 Å². The Hall–Kier alpha value is -5.64. The summed E-state index contributed by atoms with van der Waals surface area (Å²) < 4.78 is 60.1. The second-order valence-electron chi connectivity index (χ2n) is 11.6. The van der Waals surface area contributed by atoms with Crippen LogP contribution in [0.5, 0.6) is 0 Å². The molecule has 1 aliphatic rings. The van der Waals surface area contributed by atoms with Crippen molar-refractivity contribution in [1.82, 2.24) is 19.8 Å². The van der Waals surface area contributed by atoms with Crippen LogP contribution < -0.4 is 26.6 Å². The molecule has 0 bridgehead atoms. The molecule has 0 saturated heterocycles. The molecule has 4 N–H and O–H groups in total. The standard InChI is InChI=1S/C33H31F2N5O8S/c1-17-27(31(43)40(3)33(46)39(17)2)19-6-4-18(5-7-19)14-26(32(44)45)37-30(42)28-24(34)15-22(16-25(28)35)38-49(47,48)23-12-8-20(9-13-23)29(41)36-21-10-11-21/h4-9,12-13,15-16,21,26,38H,10-11,14H2,1-3H3,(H,36,41)(H,37,42)(H,44,45)/t26-/m0/s1. The Kier molecular flexibility index (Phi) is 9.53. The van der Waals surface area contributed by atoms with Crippen molar-refractivity contribution in [3.63, 3.8) is 0 Å². The molecule has 16 heteroatoms. The number of nitrogens with one attached hydrogen (secondary N) is 3. The molecule has 3 aromatic carbocycles. The zero-order valence-electron chi connectivity index (χ0n) is 26.4. The Morgan fingerprint density at radius 1 is 0.918 bits per heavy atom. The minimum absolute atomic E-state index is 0.101. The van der Waals surface area contributed by atoms with E-state index in [1.165, 1.54) is 42.9 Å². The van der Waals surface area contributed by atoms with E-state index in [0.717, 1.165) is 29.5 Å². The number of carbonyl (C=O) groups is 3. The minimum Gasteiger partial charge on any atom is -0.480 e. The maximum absolute atomic E-state index is 15.0. The molecule has 4 aromatic rings. The van der Waals surface area contributed by atoms with Crippen LogP contribution in [0.1, 0.15) is 44.8 Å². The number of benzene rings is 3. The molecule has 1 saturated carbocycles. The second kappa shape index (κ2) is 13.5. The summed E-state index contributed by atoms with van der Waals surface area (Å²) in [5.41, 5.74) is -0.903. The van der Waals surface area contributed by atoms with Crippen molar-refractivity contribution in [1.29, 1.82) is 0 Å². The average Bonchev–Trinajstić information content (AvgIpc) is 3.87. The van der Waals surface area contributed by atoms with Crippen molar-refractivity contribution in [3.05, 3.63) is 116 Å². The summed E-state index contributed by atoms with van der Waals surface area (Å²) in [4.78, 5) is 61.7. The van der Waals surface area contributed by atoms with Crippen LogP contribution >= 0.6 is 0 Å². The lowest BCUT2D eigenvalue weighted by Crippen LogP contribution is -2.43. The fourth-order valence-electron chi connectivity index (χ4n) is 5.10. The first kappa shape index (κ1) is 34.7. The van der Waals surface area contributed by atoms with Gasteiger partial charge in [-0.3, -0.25) is 23.7 Å². The molecule has 1 atom stereocenters. The molecule has 0 spiro atoms. The summed E-state index contributed by atoms with van der Waals surface area (Å²) in [7, 11) is -1.49. The van der Waals surface area contributed by atoms with E-state index in [1.54, 1.807) is 19.1 Å². The van der Waals surface area contributed by atoms with Crippen molar-refractivity contribution in [2.24, 2.45) is 14.1 Å².